The van der Waals surface area contributed by atoms with Crippen molar-refractivity contribution in [1.29, 1.82) is 0 Å². The molecule has 0 saturated heterocycles. The van der Waals surface area contributed by atoms with Gasteiger partial charge in [-0.2, -0.15) is 0 Å². The smallest absolute Gasteiger partial charge is 0.266 e. The summed E-state index contributed by atoms with van der Waals surface area (Å²) >= 11 is 7.29. The van der Waals surface area contributed by atoms with Gasteiger partial charge in [0.25, 0.3) is 5.56 Å². The van der Waals surface area contributed by atoms with Gasteiger partial charge in [0, 0.05) is 5.02 Å². The van der Waals surface area contributed by atoms with Crippen molar-refractivity contribution < 1.29 is 9.59 Å². The van der Waals surface area contributed by atoms with E-state index in [4.69, 9.17) is 11.6 Å². The van der Waals surface area contributed by atoms with E-state index >= 15 is 0 Å². The third kappa shape index (κ3) is 5.55. The highest BCUT2D eigenvalue weighted by Gasteiger charge is 2.19. The normalized spacial score (nSPS) is 11.8. The zero-order valence-electron chi connectivity index (χ0n) is 18.4. The topological polar surface area (TPSA) is 81.1 Å². The Hall–Kier alpha value is -3.42. The minimum absolute atomic E-state index is 0.0100. The van der Waals surface area contributed by atoms with Gasteiger partial charge in [0.1, 0.15) is 0 Å². The first-order valence-corrected chi connectivity index (χ1v) is 12.0. The number of benzene rings is 3. The maximum atomic E-state index is 13.3. The zero-order chi connectivity index (χ0) is 24.1. The van der Waals surface area contributed by atoms with Gasteiger partial charge >= 0.3 is 0 Å². The summed E-state index contributed by atoms with van der Waals surface area (Å²) in [5.41, 5.74) is 1.81. The summed E-state index contributed by atoms with van der Waals surface area (Å²) in [7, 11) is 0. The quantitative estimate of drug-likeness (QED) is 0.291. The number of Topliss-reactive ketones (excluding diaryl/α,β-unsaturated/α-hetero) is 1. The molecule has 0 saturated carbocycles. The molecule has 0 aliphatic carbocycles. The number of hydrogen-bond acceptors (Lipinski definition) is 5. The van der Waals surface area contributed by atoms with Gasteiger partial charge in [-0.25, -0.2) is 4.98 Å². The van der Waals surface area contributed by atoms with Crippen LogP contribution in [0.5, 0.6) is 0 Å². The first-order chi connectivity index (χ1) is 16.4. The van der Waals surface area contributed by atoms with Crippen LogP contribution in [0.4, 0.5) is 0 Å². The molecule has 1 amide bonds. The molecule has 0 bridgehead atoms. The van der Waals surface area contributed by atoms with E-state index in [0.29, 0.717) is 33.2 Å². The van der Waals surface area contributed by atoms with Crippen molar-refractivity contribution in [3.05, 3.63) is 99.8 Å². The van der Waals surface area contributed by atoms with Crippen molar-refractivity contribution >= 4 is 46.0 Å². The number of ketones is 1. The van der Waals surface area contributed by atoms with Crippen LogP contribution in [-0.2, 0) is 16.0 Å². The number of fused-ring (bicyclic) bond motifs is 1. The van der Waals surface area contributed by atoms with Crippen LogP contribution in [0.1, 0.15) is 12.5 Å². The monoisotopic (exact) mass is 491 g/mol. The number of carbonyl (C=O) groups excluding carboxylic acids is 2. The second-order valence-electron chi connectivity index (χ2n) is 7.74. The third-order valence-electron chi connectivity index (χ3n) is 5.25. The van der Waals surface area contributed by atoms with Gasteiger partial charge in [-0.05, 0) is 49.2 Å². The minimum Gasteiger partial charge on any atom is -0.345 e. The molecule has 4 rings (SSSR count). The van der Waals surface area contributed by atoms with Gasteiger partial charge in [0.15, 0.2) is 10.9 Å². The van der Waals surface area contributed by atoms with Gasteiger partial charge in [0.05, 0.1) is 28.4 Å². The van der Waals surface area contributed by atoms with Crippen LogP contribution in [0.15, 0.2) is 88.8 Å². The molecular formula is C26H22ClN3O3S. The molecule has 0 aliphatic heterocycles. The largest absolute Gasteiger partial charge is 0.345 e. The Balaban J connectivity index is 1.59. The molecule has 1 heterocycles. The van der Waals surface area contributed by atoms with Crippen LogP contribution in [-0.4, -0.2) is 33.0 Å². The lowest BCUT2D eigenvalue weighted by Gasteiger charge is -2.17. The van der Waals surface area contributed by atoms with Crippen molar-refractivity contribution in [2.75, 3.05) is 5.75 Å². The number of nitrogens with zero attached hydrogens (tertiary/aromatic N) is 2. The van der Waals surface area contributed by atoms with Crippen molar-refractivity contribution in [2.45, 2.75) is 24.5 Å². The standard InChI is InChI=1S/C26H22ClN3O3S/c1-17(31)23(14-18-8-3-2-4-9-18)28-24(32)16-34-26-29-22-13-6-5-12-21(22)25(33)30(26)20-11-7-10-19(27)15-20/h2-13,15,23H,14,16H2,1H3,(H,28,32)/t23-/m1/s1. The number of halogens is 1. The van der Waals surface area contributed by atoms with Crippen molar-refractivity contribution in [3.8, 4) is 5.69 Å². The lowest BCUT2D eigenvalue weighted by atomic mass is 10.0. The Bertz CT molecular complexity index is 1410. The summed E-state index contributed by atoms with van der Waals surface area (Å²) in [6.07, 6.45) is 0.411. The van der Waals surface area contributed by atoms with Crippen molar-refractivity contribution in [3.63, 3.8) is 0 Å². The molecule has 1 N–H and O–H groups in total. The fraction of sp³-hybridized carbons (Fsp3) is 0.154. The summed E-state index contributed by atoms with van der Waals surface area (Å²) in [5, 5.41) is 4.13. The second kappa shape index (κ2) is 10.7. The molecule has 0 spiro atoms. The predicted octanol–water partition coefficient (Wildman–Crippen LogP) is 4.45. The van der Waals surface area contributed by atoms with Crippen molar-refractivity contribution in [1.82, 2.24) is 14.9 Å². The Morgan fingerprint density at radius 3 is 2.50 bits per heavy atom. The van der Waals surface area contributed by atoms with Crippen LogP contribution < -0.4 is 10.9 Å². The van der Waals surface area contributed by atoms with E-state index in [2.05, 4.69) is 10.3 Å². The molecule has 0 unspecified atom stereocenters. The average Bonchev–Trinajstić information content (AvgIpc) is 2.83. The van der Waals surface area contributed by atoms with Crippen LogP contribution >= 0.6 is 23.4 Å². The van der Waals surface area contributed by atoms with Crippen LogP contribution in [0.3, 0.4) is 0 Å². The molecule has 172 valence electrons. The number of para-hydroxylation sites is 1. The molecule has 34 heavy (non-hydrogen) atoms. The van der Waals surface area contributed by atoms with E-state index in [9.17, 15) is 14.4 Å². The number of amides is 1. The molecule has 6 nitrogen and oxygen atoms in total. The Kier molecular flexibility index (Phi) is 7.45. The summed E-state index contributed by atoms with van der Waals surface area (Å²) in [4.78, 5) is 42.8. The van der Waals surface area contributed by atoms with Crippen LogP contribution in [0, 0.1) is 0 Å². The highest BCUT2D eigenvalue weighted by atomic mass is 35.5. The highest BCUT2D eigenvalue weighted by molar-refractivity contribution is 7.99. The van der Waals surface area contributed by atoms with Crippen LogP contribution in [0.2, 0.25) is 5.02 Å². The van der Waals surface area contributed by atoms with Crippen molar-refractivity contribution in [2.24, 2.45) is 0 Å². The zero-order valence-corrected chi connectivity index (χ0v) is 20.0. The van der Waals surface area contributed by atoms with E-state index in [1.54, 1.807) is 48.5 Å². The fourth-order valence-corrected chi connectivity index (χ4v) is 4.57. The lowest BCUT2D eigenvalue weighted by Crippen LogP contribution is -2.42. The molecule has 8 heteroatoms. The van der Waals surface area contributed by atoms with Gasteiger partial charge in [-0.15, -0.1) is 0 Å². The van der Waals surface area contributed by atoms with Gasteiger partial charge < -0.3 is 5.32 Å². The second-order valence-corrected chi connectivity index (χ2v) is 9.12. The average molecular weight is 492 g/mol. The molecule has 0 fully saturated rings. The number of hydrogen-bond donors (Lipinski definition) is 1. The lowest BCUT2D eigenvalue weighted by molar-refractivity contribution is -0.125. The van der Waals surface area contributed by atoms with Gasteiger partial charge in [-0.3, -0.25) is 19.0 Å². The molecule has 1 aromatic heterocycles. The predicted molar refractivity (Wildman–Crippen MR) is 136 cm³/mol. The molecule has 0 radical (unpaired) electrons. The SMILES string of the molecule is CC(=O)[C@@H](Cc1ccccc1)NC(=O)CSc1nc2ccccc2c(=O)n1-c1cccc(Cl)c1. The van der Waals surface area contributed by atoms with E-state index in [-0.39, 0.29) is 23.0 Å². The number of rotatable bonds is 8. The van der Waals surface area contributed by atoms with E-state index < -0.39 is 6.04 Å². The third-order valence-corrected chi connectivity index (χ3v) is 6.43. The van der Waals surface area contributed by atoms with Crippen LogP contribution in [0.25, 0.3) is 16.6 Å². The van der Waals surface area contributed by atoms with E-state index in [1.165, 1.54) is 11.5 Å². The fourth-order valence-electron chi connectivity index (χ4n) is 3.56. The number of nitrogens with one attached hydrogen (secondary N) is 1. The Morgan fingerprint density at radius 2 is 1.76 bits per heavy atom. The Labute approximate surface area is 206 Å². The van der Waals surface area contributed by atoms with Gasteiger partial charge in [0.2, 0.25) is 5.91 Å². The molecular weight excluding hydrogens is 470 g/mol. The maximum Gasteiger partial charge on any atom is 0.266 e. The summed E-state index contributed by atoms with van der Waals surface area (Å²) in [6, 6.07) is 22.9. The molecule has 3 aromatic carbocycles. The number of carbonyl (C=O) groups is 2. The molecule has 1 atom stereocenters. The maximum absolute atomic E-state index is 13.3. The number of thioether (sulfide) groups is 1. The molecule has 0 aliphatic rings. The first kappa shape index (κ1) is 23.7. The summed E-state index contributed by atoms with van der Waals surface area (Å²) in [6.45, 7) is 1.46. The van der Waals surface area contributed by atoms with Gasteiger partial charge in [-0.1, -0.05) is 71.9 Å². The Morgan fingerprint density at radius 1 is 1.03 bits per heavy atom. The summed E-state index contributed by atoms with van der Waals surface area (Å²) in [5.74, 6) is -0.452. The molecule has 4 aromatic rings. The highest BCUT2D eigenvalue weighted by Crippen LogP contribution is 2.23. The van der Waals surface area contributed by atoms with E-state index in [0.717, 1.165) is 17.3 Å². The van der Waals surface area contributed by atoms with E-state index in [1.807, 2.05) is 30.3 Å². The number of aromatic nitrogens is 2. The minimum atomic E-state index is -0.629. The first-order valence-electron chi connectivity index (χ1n) is 10.7. The summed E-state index contributed by atoms with van der Waals surface area (Å²) < 4.78 is 1.46.